The summed E-state index contributed by atoms with van der Waals surface area (Å²) < 4.78 is 0. The molecule has 0 unspecified atom stereocenters. The van der Waals surface area contributed by atoms with Crippen LogP contribution in [0.2, 0.25) is 0 Å². The molecule has 28 heavy (non-hydrogen) atoms. The Morgan fingerprint density at radius 3 is 2.61 bits per heavy atom. The molecule has 2 aliphatic heterocycles. The Morgan fingerprint density at radius 2 is 1.79 bits per heavy atom. The van der Waals surface area contributed by atoms with Gasteiger partial charge in [0.1, 0.15) is 5.82 Å². The van der Waals surface area contributed by atoms with Gasteiger partial charge in [-0.15, -0.1) is 0 Å². The summed E-state index contributed by atoms with van der Waals surface area (Å²) in [4.78, 5) is 37.6. The average molecular weight is 373 g/mol. The van der Waals surface area contributed by atoms with Crippen molar-refractivity contribution >= 4 is 34.4 Å². The molecule has 1 saturated heterocycles. The first-order valence-corrected chi connectivity index (χ1v) is 9.36. The van der Waals surface area contributed by atoms with Gasteiger partial charge in [0, 0.05) is 37.4 Å². The molecule has 0 spiro atoms. The number of aromatic nitrogens is 2. The number of fused-ring (bicyclic) bond motifs is 2. The fourth-order valence-electron chi connectivity index (χ4n) is 3.78. The number of carbonyl (C=O) groups is 2. The monoisotopic (exact) mass is 373 g/mol. The molecule has 0 atom stereocenters. The van der Waals surface area contributed by atoms with Crippen molar-refractivity contribution < 1.29 is 9.59 Å². The van der Waals surface area contributed by atoms with Gasteiger partial charge in [0.25, 0.3) is 5.91 Å². The molecular weight excluding hydrogens is 354 g/mol. The van der Waals surface area contributed by atoms with Gasteiger partial charge in [-0.05, 0) is 35.9 Å². The highest BCUT2D eigenvalue weighted by molar-refractivity contribution is 6.01. The Labute approximate surface area is 162 Å². The van der Waals surface area contributed by atoms with E-state index < -0.39 is 0 Å². The lowest BCUT2D eigenvalue weighted by Gasteiger charge is -2.35. The number of carbonyl (C=O) groups excluding carboxylic acids is 2. The third kappa shape index (κ3) is 2.94. The van der Waals surface area contributed by atoms with E-state index in [2.05, 4.69) is 15.2 Å². The van der Waals surface area contributed by atoms with Crippen molar-refractivity contribution in [3.05, 3.63) is 59.8 Å². The largest absolute Gasteiger partial charge is 0.352 e. The standard InChI is InChI=1S/C21H19N5O2/c27-20-12-15-11-14(5-6-16(15)24-20)21(28)26-9-7-25(8-10-26)19-13-22-17-3-1-2-4-18(17)23-19/h1-6,11,13H,7-10,12H2,(H,24,27). The predicted octanol–water partition coefficient (Wildman–Crippen LogP) is 2.09. The maximum absolute atomic E-state index is 12.9. The first-order valence-electron chi connectivity index (χ1n) is 9.36. The number of anilines is 2. The minimum atomic E-state index is -0.0234. The molecule has 2 amide bonds. The van der Waals surface area contributed by atoms with Crippen LogP contribution in [-0.4, -0.2) is 52.9 Å². The summed E-state index contributed by atoms with van der Waals surface area (Å²) in [6.07, 6.45) is 2.13. The zero-order valence-electron chi connectivity index (χ0n) is 15.3. The normalized spacial score (nSPS) is 16.2. The molecule has 0 aliphatic carbocycles. The highest BCUT2D eigenvalue weighted by Crippen LogP contribution is 2.25. The van der Waals surface area contributed by atoms with Gasteiger partial charge in [0.15, 0.2) is 0 Å². The summed E-state index contributed by atoms with van der Waals surface area (Å²) in [5.74, 6) is 0.823. The first kappa shape index (κ1) is 16.7. The van der Waals surface area contributed by atoms with E-state index >= 15 is 0 Å². The summed E-state index contributed by atoms with van der Waals surface area (Å²) in [5.41, 5.74) is 4.08. The quantitative estimate of drug-likeness (QED) is 0.744. The van der Waals surface area contributed by atoms with Crippen LogP contribution in [0.4, 0.5) is 11.5 Å². The van der Waals surface area contributed by atoms with E-state index in [4.69, 9.17) is 4.98 Å². The van der Waals surface area contributed by atoms with E-state index in [-0.39, 0.29) is 11.8 Å². The second-order valence-corrected chi connectivity index (χ2v) is 7.09. The van der Waals surface area contributed by atoms with Crippen molar-refractivity contribution in [3.8, 4) is 0 Å². The van der Waals surface area contributed by atoms with E-state index in [1.54, 1.807) is 12.3 Å². The molecule has 1 fully saturated rings. The fourth-order valence-corrected chi connectivity index (χ4v) is 3.78. The molecule has 2 aliphatic rings. The van der Waals surface area contributed by atoms with Crippen molar-refractivity contribution in [1.29, 1.82) is 0 Å². The lowest BCUT2D eigenvalue weighted by Crippen LogP contribution is -2.49. The topological polar surface area (TPSA) is 78.4 Å². The van der Waals surface area contributed by atoms with Gasteiger partial charge in [-0.1, -0.05) is 12.1 Å². The Hall–Kier alpha value is -3.48. The lowest BCUT2D eigenvalue weighted by molar-refractivity contribution is -0.115. The van der Waals surface area contributed by atoms with Crippen molar-refractivity contribution in [2.45, 2.75) is 6.42 Å². The Bertz CT molecular complexity index is 1090. The molecule has 0 bridgehead atoms. The van der Waals surface area contributed by atoms with Gasteiger partial charge in [0.05, 0.1) is 23.7 Å². The summed E-state index contributed by atoms with van der Waals surface area (Å²) in [6.45, 7) is 2.68. The molecule has 0 saturated carbocycles. The highest BCUT2D eigenvalue weighted by Gasteiger charge is 2.25. The molecule has 1 aromatic heterocycles. The van der Waals surface area contributed by atoms with Crippen LogP contribution in [0.3, 0.4) is 0 Å². The molecule has 140 valence electrons. The average Bonchev–Trinajstić information content (AvgIpc) is 3.12. The Balaban J connectivity index is 1.28. The van der Waals surface area contributed by atoms with E-state index in [1.165, 1.54) is 0 Å². The maximum Gasteiger partial charge on any atom is 0.253 e. The SMILES string of the molecule is O=C1Cc2cc(C(=O)N3CCN(c4cnc5ccccc5n4)CC3)ccc2N1. The number of amides is 2. The third-order valence-corrected chi connectivity index (χ3v) is 5.30. The Kier molecular flexibility index (Phi) is 3.93. The summed E-state index contributed by atoms with van der Waals surface area (Å²) in [6, 6.07) is 13.2. The highest BCUT2D eigenvalue weighted by atomic mass is 16.2. The second kappa shape index (κ2) is 6.60. The molecule has 1 N–H and O–H groups in total. The number of nitrogens with zero attached hydrogens (tertiary/aromatic N) is 4. The third-order valence-electron chi connectivity index (χ3n) is 5.30. The van der Waals surface area contributed by atoms with E-state index in [0.29, 0.717) is 38.2 Å². The molecule has 0 radical (unpaired) electrons. The van der Waals surface area contributed by atoms with Gasteiger partial charge in [-0.3, -0.25) is 14.6 Å². The van der Waals surface area contributed by atoms with Gasteiger partial charge < -0.3 is 15.1 Å². The van der Waals surface area contributed by atoms with Crippen molar-refractivity contribution in [2.75, 3.05) is 36.4 Å². The summed E-state index contributed by atoms with van der Waals surface area (Å²) in [7, 11) is 0. The molecule has 7 nitrogen and oxygen atoms in total. The number of piperazine rings is 1. The number of benzene rings is 2. The predicted molar refractivity (Wildman–Crippen MR) is 106 cm³/mol. The van der Waals surface area contributed by atoms with Crippen LogP contribution in [0, 0.1) is 0 Å². The van der Waals surface area contributed by atoms with Crippen LogP contribution < -0.4 is 10.2 Å². The lowest BCUT2D eigenvalue weighted by atomic mass is 10.1. The zero-order chi connectivity index (χ0) is 19.1. The van der Waals surface area contributed by atoms with Crippen molar-refractivity contribution in [2.24, 2.45) is 0 Å². The minimum absolute atomic E-state index is 0.00592. The summed E-state index contributed by atoms with van der Waals surface area (Å²) >= 11 is 0. The smallest absolute Gasteiger partial charge is 0.253 e. The van der Waals surface area contributed by atoms with Crippen LogP contribution in [0.15, 0.2) is 48.7 Å². The molecule has 2 aromatic carbocycles. The van der Waals surface area contributed by atoms with Crippen LogP contribution in [0.1, 0.15) is 15.9 Å². The molecule has 7 heteroatoms. The first-order chi connectivity index (χ1) is 13.7. The molecule has 3 aromatic rings. The van der Waals surface area contributed by atoms with Gasteiger partial charge in [-0.25, -0.2) is 4.98 Å². The second-order valence-electron chi connectivity index (χ2n) is 7.09. The Morgan fingerprint density at radius 1 is 1.00 bits per heavy atom. The fraction of sp³-hybridized carbons (Fsp3) is 0.238. The van der Waals surface area contributed by atoms with Gasteiger partial charge in [-0.2, -0.15) is 0 Å². The van der Waals surface area contributed by atoms with Crippen LogP contribution in [-0.2, 0) is 11.2 Å². The molecular formula is C21H19N5O2. The zero-order valence-corrected chi connectivity index (χ0v) is 15.3. The number of rotatable bonds is 2. The van der Waals surface area contributed by atoms with Crippen LogP contribution >= 0.6 is 0 Å². The molecule has 5 rings (SSSR count). The number of hydrogen-bond acceptors (Lipinski definition) is 5. The van der Waals surface area contributed by atoms with E-state index in [0.717, 1.165) is 28.1 Å². The molecule has 3 heterocycles. The maximum atomic E-state index is 12.9. The minimum Gasteiger partial charge on any atom is -0.352 e. The van der Waals surface area contributed by atoms with Crippen LogP contribution in [0.25, 0.3) is 11.0 Å². The van der Waals surface area contributed by atoms with E-state index in [9.17, 15) is 9.59 Å². The van der Waals surface area contributed by atoms with Crippen molar-refractivity contribution in [3.63, 3.8) is 0 Å². The van der Waals surface area contributed by atoms with Gasteiger partial charge in [0.2, 0.25) is 5.91 Å². The van der Waals surface area contributed by atoms with Crippen molar-refractivity contribution in [1.82, 2.24) is 14.9 Å². The number of hydrogen-bond donors (Lipinski definition) is 1. The number of nitrogens with one attached hydrogen (secondary N) is 1. The number of para-hydroxylation sites is 2. The van der Waals surface area contributed by atoms with Gasteiger partial charge >= 0.3 is 0 Å². The van der Waals surface area contributed by atoms with E-state index in [1.807, 2.05) is 41.3 Å². The van der Waals surface area contributed by atoms with Crippen LogP contribution in [0.5, 0.6) is 0 Å². The summed E-state index contributed by atoms with van der Waals surface area (Å²) in [5, 5.41) is 2.80.